The Morgan fingerprint density at radius 2 is 1.51 bits per heavy atom. The van der Waals surface area contributed by atoms with Crippen molar-refractivity contribution < 1.29 is 19.4 Å². The molecule has 0 spiro atoms. The molecule has 7 heteroatoms. The van der Waals surface area contributed by atoms with Crippen LogP contribution in [0.2, 0.25) is 0 Å². The number of Topliss-reactive ketones (excluding diaryl/α,β-unsaturated/α-hetero) is 1. The fourth-order valence-electron chi connectivity index (χ4n) is 5.05. The smallest absolute Gasteiger partial charge is 0.300 e. The molecule has 204 valence electrons. The summed E-state index contributed by atoms with van der Waals surface area (Å²) in [5.41, 5.74) is 4.71. The number of carbonyl (C=O) groups is 2. The van der Waals surface area contributed by atoms with Crippen molar-refractivity contribution in [3.63, 3.8) is 0 Å². The van der Waals surface area contributed by atoms with Crippen molar-refractivity contribution in [2.45, 2.75) is 33.7 Å². The molecule has 0 saturated carbocycles. The molecule has 0 aliphatic carbocycles. The molecule has 0 radical (unpaired) electrons. The maximum atomic E-state index is 13.5. The summed E-state index contributed by atoms with van der Waals surface area (Å²) in [5, 5.41) is 11.5. The highest BCUT2D eigenvalue weighted by Gasteiger charge is 2.47. The number of anilines is 3. The van der Waals surface area contributed by atoms with Crippen LogP contribution in [0.4, 0.5) is 17.1 Å². The van der Waals surface area contributed by atoms with E-state index in [1.54, 1.807) is 18.2 Å². The summed E-state index contributed by atoms with van der Waals surface area (Å²) in [5.74, 6) is -0.882. The first-order valence-electron chi connectivity index (χ1n) is 13.4. The summed E-state index contributed by atoms with van der Waals surface area (Å²) in [6.45, 7) is 10.2. The number of aryl methyl sites for hydroxylation is 1. The number of ether oxygens (including phenoxy) is 1. The van der Waals surface area contributed by atoms with Crippen molar-refractivity contribution in [2.75, 3.05) is 48.5 Å². The Balaban J connectivity index is 1.87. The predicted octanol–water partition coefficient (Wildman–Crippen LogP) is 5.93. The summed E-state index contributed by atoms with van der Waals surface area (Å²) in [6, 6.07) is 19.8. The van der Waals surface area contributed by atoms with E-state index in [1.165, 1.54) is 4.90 Å². The maximum absolute atomic E-state index is 13.5. The van der Waals surface area contributed by atoms with E-state index >= 15 is 0 Å². The first-order valence-corrected chi connectivity index (χ1v) is 13.4. The van der Waals surface area contributed by atoms with E-state index in [0.29, 0.717) is 23.6 Å². The van der Waals surface area contributed by atoms with Crippen LogP contribution in [0.15, 0.2) is 72.3 Å². The van der Waals surface area contributed by atoms with E-state index in [-0.39, 0.29) is 11.3 Å². The Hall–Kier alpha value is -4.26. The highest BCUT2D eigenvalue weighted by molar-refractivity contribution is 6.51. The van der Waals surface area contributed by atoms with Gasteiger partial charge in [-0.25, -0.2) is 0 Å². The number of rotatable bonds is 9. The molecule has 1 saturated heterocycles. The van der Waals surface area contributed by atoms with Crippen LogP contribution in [-0.4, -0.2) is 50.6 Å². The molecule has 3 aromatic carbocycles. The summed E-state index contributed by atoms with van der Waals surface area (Å²) in [7, 11) is 3.88. The van der Waals surface area contributed by atoms with Crippen LogP contribution in [0.5, 0.6) is 5.75 Å². The molecule has 1 aliphatic heterocycles. The Morgan fingerprint density at radius 1 is 0.897 bits per heavy atom. The minimum absolute atomic E-state index is 0.0656. The summed E-state index contributed by atoms with van der Waals surface area (Å²) in [6.07, 6.45) is 0. The summed E-state index contributed by atoms with van der Waals surface area (Å²) in [4.78, 5) is 32.7. The topological polar surface area (TPSA) is 73.3 Å². The summed E-state index contributed by atoms with van der Waals surface area (Å²) >= 11 is 0. The van der Waals surface area contributed by atoms with Crippen LogP contribution in [0.3, 0.4) is 0 Å². The maximum Gasteiger partial charge on any atom is 0.300 e. The number of ketones is 1. The van der Waals surface area contributed by atoms with Crippen molar-refractivity contribution in [1.82, 2.24) is 0 Å². The fraction of sp³-hybridized carbons (Fsp3) is 0.312. The van der Waals surface area contributed by atoms with Gasteiger partial charge in [-0.05, 0) is 93.4 Å². The first-order chi connectivity index (χ1) is 18.7. The highest BCUT2D eigenvalue weighted by atomic mass is 16.5. The van der Waals surface area contributed by atoms with Crippen LogP contribution in [0, 0.1) is 6.92 Å². The van der Waals surface area contributed by atoms with Crippen molar-refractivity contribution in [2.24, 2.45) is 0 Å². The molecule has 1 heterocycles. The average Bonchev–Trinajstić information content (AvgIpc) is 3.20. The number of aliphatic hydroxyl groups is 1. The van der Waals surface area contributed by atoms with Crippen molar-refractivity contribution in [3.8, 4) is 5.75 Å². The molecule has 1 unspecified atom stereocenters. The Bertz CT molecular complexity index is 1370. The first kappa shape index (κ1) is 27.8. The van der Waals surface area contributed by atoms with E-state index < -0.39 is 17.7 Å². The normalized spacial score (nSPS) is 16.5. The van der Waals surface area contributed by atoms with Crippen molar-refractivity contribution >= 4 is 34.5 Å². The lowest BCUT2D eigenvalue weighted by Crippen LogP contribution is -2.29. The third-order valence-corrected chi connectivity index (χ3v) is 7.17. The zero-order chi connectivity index (χ0) is 28.3. The molecule has 1 N–H and O–H groups in total. The van der Waals surface area contributed by atoms with Gasteiger partial charge in [0.05, 0.1) is 18.2 Å². The monoisotopic (exact) mass is 527 g/mol. The Kier molecular flexibility index (Phi) is 8.29. The number of nitrogens with zero attached hydrogens (tertiary/aromatic N) is 3. The van der Waals surface area contributed by atoms with Crippen LogP contribution < -0.4 is 19.4 Å². The largest absolute Gasteiger partial charge is 0.507 e. The molecule has 1 fully saturated rings. The highest BCUT2D eigenvalue weighted by Crippen LogP contribution is 2.43. The van der Waals surface area contributed by atoms with E-state index in [0.717, 1.165) is 35.6 Å². The molecular formula is C32H37N3O4. The molecule has 0 bridgehead atoms. The van der Waals surface area contributed by atoms with Crippen LogP contribution in [0.25, 0.3) is 5.76 Å². The number of hydrogen-bond donors (Lipinski definition) is 1. The number of benzene rings is 3. The lowest BCUT2D eigenvalue weighted by atomic mass is 9.94. The molecule has 1 atom stereocenters. The van der Waals surface area contributed by atoms with Gasteiger partial charge < -0.3 is 19.6 Å². The van der Waals surface area contributed by atoms with Gasteiger partial charge >= 0.3 is 0 Å². The quantitative estimate of drug-likeness (QED) is 0.211. The van der Waals surface area contributed by atoms with Crippen LogP contribution in [-0.2, 0) is 9.59 Å². The standard InChI is InChI=1S/C32H37N3O4/c1-7-34(8-2)25-13-10-22(11-14-25)29-28(30(36)23-12-19-27(39-9-3)21(4)20-23)31(37)32(38)35(29)26-17-15-24(16-18-26)33(5)6/h10-20,29,36H,7-9H2,1-6H3/b30-28-. The molecule has 3 aromatic rings. The lowest BCUT2D eigenvalue weighted by Gasteiger charge is -2.27. The molecule has 39 heavy (non-hydrogen) atoms. The Morgan fingerprint density at radius 3 is 2.05 bits per heavy atom. The van der Waals surface area contributed by atoms with Gasteiger partial charge in [-0.2, -0.15) is 0 Å². The molecule has 0 aromatic heterocycles. The molecular weight excluding hydrogens is 490 g/mol. The lowest BCUT2D eigenvalue weighted by molar-refractivity contribution is -0.132. The van der Waals surface area contributed by atoms with Crippen LogP contribution >= 0.6 is 0 Å². The van der Waals surface area contributed by atoms with Gasteiger partial charge in [0, 0.05) is 49.8 Å². The number of hydrogen-bond acceptors (Lipinski definition) is 6. The number of carbonyl (C=O) groups excluding carboxylic acids is 2. The third-order valence-electron chi connectivity index (χ3n) is 7.17. The van der Waals surface area contributed by atoms with Gasteiger partial charge in [-0.1, -0.05) is 12.1 Å². The molecule has 4 rings (SSSR count). The Labute approximate surface area is 230 Å². The summed E-state index contributed by atoms with van der Waals surface area (Å²) < 4.78 is 5.64. The van der Waals surface area contributed by atoms with Crippen molar-refractivity contribution in [3.05, 3.63) is 89.0 Å². The van der Waals surface area contributed by atoms with E-state index in [1.807, 2.05) is 81.4 Å². The minimum Gasteiger partial charge on any atom is -0.507 e. The minimum atomic E-state index is -0.784. The molecule has 1 amide bonds. The third kappa shape index (κ3) is 5.35. The second-order valence-corrected chi connectivity index (χ2v) is 9.76. The number of aliphatic hydroxyl groups excluding tert-OH is 1. The predicted molar refractivity (Wildman–Crippen MR) is 158 cm³/mol. The number of amides is 1. The zero-order valence-electron chi connectivity index (χ0n) is 23.6. The second kappa shape index (κ2) is 11.6. The van der Waals surface area contributed by atoms with Gasteiger partial charge in [0.25, 0.3) is 11.7 Å². The second-order valence-electron chi connectivity index (χ2n) is 9.76. The fourth-order valence-corrected chi connectivity index (χ4v) is 5.05. The van der Waals surface area contributed by atoms with Gasteiger partial charge in [0.15, 0.2) is 0 Å². The van der Waals surface area contributed by atoms with Gasteiger partial charge in [-0.3, -0.25) is 14.5 Å². The van der Waals surface area contributed by atoms with E-state index in [2.05, 4.69) is 18.7 Å². The molecule has 1 aliphatic rings. The molecule has 7 nitrogen and oxygen atoms in total. The van der Waals surface area contributed by atoms with E-state index in [4.69, 9.17) is 4.74 Å². The van der Waals surface area contributed by atoms with Gasteiger partial charge in [-0.15, -0.1) is 0 Å². The SMILES string of the molecule is CCOc1ccc(/C(O)=C2/C(=O)C(=O)N(c3ccc(N(C)C)cc3)C2c2ccc(N(CC)CC)cc2)cc1C. The van der Waals surface area contributed by atoms with Gasteiger partial charge in [0.1, 0.15) is 11.5 Å². The van der Waals surface area contributed by atoms with Crippen molar-refractivity contribution in [1.29, 1.82) is 0 Å². The zero-order valence-corrected chi connectivity index (χ0v) is 23.6. The van der Waals surface area contributed by atoms with Crippen LogP contribution in [0.1, 0.15) is 43.5 Å². The van der Waals surface area contributed by atoms with E-state index in [9.17, 15) is 14.7 Å². The van der Waals surface area contributed by atoms with Gasteiger partial charge in [0.2, 0.25) is 0 Å². The average molecular weight is 528 g/mol.